The number of rotatable bonds is 6. The van der Waals surface area contributed by atoms with Crippen LogP contribution in [-0.4, -0.2) is 38.1 Å². The van der Waals surface area contributed by atoms with Gasteiger partial charge in [0.15, 0.2) is 6.10 Å². The fourth-order valence-corrected chi connectivity index (χ4v) is 4.44. The molecule has 8 nitrogen and oxygen atoms in total. The lowest BCUT2D eigenvalue weighted by Crippen LogP contribution is -2.31. The molecular formula is C25H19F3N4O4. The van der Waals surface area contributed by atoms with E-state index in [-0.39, 0.29) is 29.5 Å². The SMILES string of the molecule is CC(Oc1ccc(-c2nc(-c3ccc4c(c3)cc3n4CCC3CC(=O)O)no2)cc1C#N)C(F)(F)F. The number of hydrogen-bond donors (Lipinski definition) is 1. The third kappa shape index (κ3) is 4.26. The molecule has 11 heteroatoms. The molecule has 2 aromatic heterocycles. The second-order valence-electron chi connectivity index (χ2n) is 8.63. The summed E-state index contributed by atoms with van der Waals surface area (Å²) < 4.78 is 50.9. The molecule has 36 heavy (non-hydrogen) atoms. The van der Waals surface area contributed by atoms with Crippen molar-refractivity contribution in [3.63, 3.8) is 0 Å². The summed E-state index contributed by atoms with van der Waals surface area (Å²) in [6, 6.07) is 13.5. The van der Waals surface area contributed by atoms with Gasteiger partial charge in [-0.25, -0.2) is 0 Å². The molecule has 0 radical (unpaired) electrons. The van der Waals surface area contributed by atoms with Gasteiger partial charge in [-0.15, -0.1) is 0 Å². The first-order valence-corrected chi connectivity index (χ1v) is 11.1. The van der Waals surface area contributed by atoms with Gasteiger partial charge < -0.3 is 18.9 Å². The van der Waals surface area contributed by atoms with Gasteiger partial charge >= 0.3 is 12.1 Å². The number of carboxylic acid groups (broad SMARTS) is 1. The zero-order valence-corrected chi connectivity index (χ0v) is 18.9. The summed E-state index contributed by atoms with van der Waals surface area (Å²) >= 11 is 0. The monoisotopic (exact) mass is 496 g/mol. The Hall–Kier alpha value is -4.33. The molecule has 3 heterocycles. The van der Waals surface area contributed by atoms with E-state index in [1.807, 2.05) is 30.3 Å². The number of alkyl halides is 3. The van der Waals surface area contributed by atoms with Gasteiger partial charge in [0.2, 0.25) is 5.82 Å². The van der Waals surface area contributed by atoms with Crippen LogP contribution < -0.4 is 4.74 Å². The van der Waals surface area contributed by atoms with Crippen molar-refractivity contribution >= 4 is 16.9 Å². The smallest absolute Gasteiger partial charge is 0.425 e. The number of aryl methyl sites for hydroxylation is 1. The average Bonchev–Trinajstić information content (AvgIpc) is 3.54. The summed E-state index contributed by atoms with van der Waals surface area (Å²) in [6.45, 7) is 1.62. The minimum Gasteiger partial charge on any atom is -0.481 e. The Morgan fingerprint density at radius 2 is 2.06 bits per heavy atom. The van der Waals surface area contributed by atoms with Crippen LogP contribution in [0.4, 0.5) is 13.2 Å². The molecule has 0 fully saturated rings. The lowest BCUT2D eigenvalue weighted by molar-refractivity contribution is -0.189. The van der Waals surface area contributed by atoms with Crippen molar-refractivity contribution in [3.05, 3.63) is 53.7 Å². The molecule has 2 atom stereocenters. The van der Waals surface area contributed by atoms with Crippen molar-refractivity contribution in [2.45, 2.75) is 44.5 Å². The highest BCUT2D eigenvalue weighted by atomic mass is 19.4. The molecule has 4 aromatic rings. The van der Waals surface area contributed by atoms with Gasteiger partial charge in [-0.2, -0.15) is 23.4 Å². The second kappa shape index (κ2) is 8.71. The lowest BCUT2D eigenvalue weighted by Gasteiger charge is -2.18. The first-order valence-electron chi connectivity index (χ1n) is 11.1. The number of ether oxygens (including phenoxy) is 1. The van der Waals surface area contributed by atoms with Crippen LogP contribution in [0.2, 0.25) is 0 Å². The van der Waals surface area contributed by atoms with E-state index in [0.29, 0.717) is 17.0 Å². The predicted octanol–water partition coefficient (Wildman–Crippen LogP) is 5.52. The third-order valence-corrected chi connectivity index (χ3v) is 6.27. The highest BCUT2D eigenvalue weighted by molar-refractivity contribution is 5.86. The highest BCUT2D eigenvalue weighted by Gasteiger charge is 2.38. The van der Waals surface area contributed by atoms with Gasteiger partial charge in [-0.05, 0) is 55.8 Å². The fourth-order valence-electron chi connectivity index (χ4n) is 4.44. The van der Waals surface area contributed by atoms with Gasteiger partial charge in [0, 0.05) is 40.2 Å². The van der Waals surface area contributed by atoms with Crippen LogP contribution in [0.15, 0.2) is 47.0 Å². The Kier molecular flexibility index (Phi) is 5.67. The minimum atomic E-state index is -4.56. The number of hydrogen-bond acceptors (Lipinski definition) is 6. The third-order valence-electron chi connectivity index (χ3n) is 6.27. The summed E-state index contributed by atoms with van der Waals surface area (Å²) in [4.78, 5) is 15.6. The second-order valence-corrected chi connectivity index (χ2v) is 8.63. The van der Waals surface area contributed by atoms with Gasteiger partial charge in [-0.1, -0.05) is 5.16 Å². The summed E-state index contributed by atoms with van der Waals surface area (Å²) in [7, 11) is 0. The highest BCUT2D eigenvalue weighted by Crippen LogP contribution is 2.37. The van der Waals surface area contributed by atoms with Gasteiger partial charge in [-0.3, -0.25) is 4.79 Å². The normalized spacial score (nSPS) is 16.0. The number of nitrogens with zero attached hydrogens (tertiary/aromatic N) is 4. The molecule has 1 aliphatic rings. The maximum absolute atomic E-state index is 12.8. The van der Waals surface area contributed by atoms with E-state index in [0.717, 1.165) is 36.5 Å². The quantitative estimate of drug-likeness (QED) is 0.374. The van der Waals surface area contributed by atoms with E-state index >= 15 is 0 Å². The fraction of sp³-hybridized carbons (Fsp3) is 0.280. The van der Waals surface area contributed by atoms with Crippen LogP contribution in [0.3, 0.4) is 0 Å². The van der Waals surface area contributed by atoms with Crippen molar-refractivity contribution in [1.29, 1.82) is 5.26 Å². The molecule has 5 rings (SSSR count). The first-order chi connectivity index (χ1) is 17.1. The standard InChI is InChI=1S/C25H19F3N4O4/c1-13(25(26,27)28)35-21-5-3-16(9-18(21)12-29)24-30-23(31-36-24)15-2-4-19-17(8-15)10-20-14(11-22(33)34)6-7-32(19)20/h2-5,8-10,13-14H,6-7,11H2,1H3,(H,33,34). The van der Waals surface area contributed by atoms with Crippen molar-refractivity contribution in [3.8, 4) is 34.7 Å². The molecule has 0 spiro atoms. The number of carboxylic acids is 1. The summed E-state index contributed by atoms with van der Waals surface area (Å²) in [6.07, 6.45) is -5.76. The van der Waals surface area contributed by atoms with Crippen LogP contribution in [0.1, 0.15) is 36.9 Å². The van der Waals surface area contributed by atoms with E-state index in [1.54, 1.807) is 0 Å². The Morgan fingerprint density at radius 1 is 1.28 bits per heavy atom. The Bertz CT molecular complexity index is 1520. The Balaban J connectivity index is 1.41. The number of benzene rings is 2. The molecule has 1 aliphatic heterocycles. The molecule has 1 N–H and O–H groups in total. The zero-order chi connectivity index (χ0) is 25.6. The number of carbonyl (C=O) groups is 1. The Labute approximate surface area is 202 Å². The molecule has 0 amide bonds. The molecular weight excluding hydrogens is 477 g/mol. The van der Waals surface area contributed by atoms with E-state index in [9.17, 15) is 28.3 Å². The average molecular weight is 496 g/mol. The van der Waals surface area contributed by atoms with Crippen LogP contribution in [-0.2, 0) is 11.3 Å². The lowest BCUT2D eigenvalue weighted by atomic mass is 10.0. The topological polar surface area (TPSA) is 114 Å². The first kappa shape index (κ1) is 23.4. The molecule has 0 bridgehead atoms. The number of halogens is 3. The number of aromatic nitrogens is 3. The molecule has 184 valence electrons. The van der Waals surface area contributed by atoms with E-state index < -0.39 is 18.2 Å². The molecule has 0 saturated heterocycles. The number of fused-ring (bicyclic) bond motifs is 3. The number of nitriles is 1. The van der Waals surface area contributed by atoms with Crippen molar-refractivity contribution in [2.24, 2.45) is 0 Å². The summed E-state index contributed by atoms with van der Waals surface area (Å²) in [5, 5.41) is 23.5. The molecule has 0 saturated carbocycles. The maximum atomic E-state index is 12.8. The summed E-state index contributed by atoms with van der Waals surface area (Å²) in [5.41, 5.74) is 2.93. The van der Waals surface area contributed by atoms with Gasteiger partial charge in [0.25, 0.3) is 5.89 Å². The van der Waals surface area contributed by atoms with Crippen molar-refractivity contribution in [1.82, 2.24) is 14.7 Å². The predicted molar refractivity (Wildman–Crippen MR) is 121 cm³/mol. The van der Waals surface area contributed by atoms with Crippen LogP contribution >= 0.6 is 0 Å². The zero-order valence-electron chi connectivity index (χ0n) is 18.9. The summed E-state index contributed by atoms with van der Waals surface area (Å²) in [5.74, 6) is -0.662. The van der Waals surface area contributed by atoms with E-state index in [4.69, 9.17) is 9.26 Å². The van der Waals surface area contributed by atoms with Crippen molar-refractivity contribution < 1.29 is 32.3 Å². The molecule has 2 unspecified atom stereocenters. The van der Waals surface area contributed by atoms with Crippen molar-refractivity contribution in [2.75, 3.05) is 0 Å². The van der Waals surface area contributed by atoms with E-state index in [1.165, 1.54) is 18.2 Å². The molecule has 0 aliphatic carbocycles. The van der Waals surface area contributed by atoms with Crippen LogP contribution in [0.25, 0.3) is 33.7 Å². The minimum absolute atomic E-state index is 0.0319. The Morgan fingerprint density at radius 3 is 2.78 bits per heavy atom. The molecule has 2 aromatic carbocycles. The number of aliphatic carboxylic acids is 1. The largest absolute Gasteiger partial charge is 0.481 e. The van der Waals surface area contributed by atoms with Crippen LogP contribution in [0, 0.1) is 11.3 Å². The van der Waals surface area contributed by atoms with Crippen LogP contribution in [0.5, 0.6) is 5.75 Å². The van der Waals surface area contributed by atoms with Gasteiger partial charge in [0.1, 0.15) is 11.8 Å². The van der Waals surface area contributed by atoms with E-state index in [2.05, 4.69) is 14.7 Å². The maximum Gasteiger partial charge on any atom is 0.425 e. The van der Waals surface area contributed by atoms with Gasteiger partial charge in [0.05, 0.1) is 12.0 Å².